The number of aryl methyl sites for hydroxylation is 1. The lowest BCUT2D eigenvalue weighted by atomic mass is 10.1. The lowest BCUT2D eigenvalue weighted by Crippen LogP contribution is -2.24. The summed E-state index contributed by atoms with van der Waals surface area (Å²) in [6.07, 6.45) is 1.02. The summed E-state index contributed by atoms with van der Waals surface area (Å²) in [6.45, 7) is 2.71. The van der Waals surface area contributed by atoms with E-state index in [1.54, 1.807) is 11.3 Å². The third kappa shape index (κ3) is 5.55. The van der Waals surface area contributed by atoms with Crippen LogP contribution < -0.4 is 10.6 Å². The molecular weight excluding hydrogens is 372 g/mol. The summed E-state index contributed by atoms with van der Waals surface area (Å²) in [7, 11) is 0. The lowest BCUT2D eigenvalue weighted by Gasteiger charge is -2.02. The Morgan fingerprint density at radius 3 is 2.76 bits per heavy atom. The van der Waals surface area contributed by atoms with Gasteiger partial charge in [0, 0.05) is 10.6 Å². The van der Waals surface area contributed by atoms with Crippen LogP contribution in [0, 0.1) is 0 Å². The fourth-order valence-electron chi connectivity index (χ4n) is 2.04. The molecule has 0 aliphatic carbocycles. The van der Waals surface area contributed by atoms with Crippen LogP contribution in [0.3, 0.4) is 0 Å². The number of benzene rings is 1. The molecule has 0 aliphatic rings. The predicted molar refractivity (Wildman–Crippen MR) is 106 cm³/mol. The Hall–Kier alpha value is -1.90. The van der Waals surface area contributed by atoms with Crippen molar-refractivity contribution in [1.29, 1.82) is 0 Å². The standard InChI is InChI=1S/C17H18N4OS3/c1-2-12-5-7-13(8-6-12)19-16-20-21-17(25-16)24-11-15(22)18-10-14-4-3-9-23-14/h3-9H,2,10-11H2,1H3,(H,18,22)(H,19,20). The molecule has 2 N–H and O–H groups in total. The number of thiophene rings is 1. The van der Waals surface area contributed by atoms with Gasteiger partial charge in [-0.3, -0.25) is 4.79 Å². The first kappa shape index (κ1) is 17.9. The molecule has 8 heteroatoms. The van der Waals surface area contributed by atoms with Gasteiger partial charge in [0.05, 0.1) is 12.3 Å². The molecule has 1 aromatic carbocycles. The van der Waals surface area contributed by atoms with E-state index in [1.807, 2.05) is 29.6 Å². The number of hydrogen-bond acceptors (Lipinski definition) is 7. The van der Waals surface area contributed by atoms with Crippen LogP contribution in [0.5, 0.6) is 0 Å². The first-order valence-electron chi connectivity index (χ1n) is 7.84. The molecular formula is C17H18N4OS3. The van der Waals surface area contributed by atoms with E-state index in [9.17, 15) is 4.79 Å². The van der Waals surface area contributed by atoms with Gasteiger partial charge in [0.15, 0.2) is 4.34 Å². The SMILES string of the molecule is CCc1ccc(Nc2nnc(SCC(=O)NCc3cccs3)s2)cc1. The van der Waals surface area contributed by atoms with Gasteiger partial charge in [-0.25, -0.2) is 0 Å². The van der Waals surface area contributed by atoms with Crippen molar-refractivity contribution in [3.63, 3.8) is 0 Å². The van der Waals surface area contributed by atoms with E-state index in [1.165, 1.54) is 28.7 Å². The van der Waals surface area contributed by atoms with Crippen LogP contribution in [-0.4, -0.2) is 21.9 Å². The smallest absolute Gasteiger partial charge is 0.230 e. The van der Waals surface area contributed by atoms with Crippen LogP contribution in [0.4, 0.5) is 10.8 Å². The second kappa shape index (κ2) is 8.98. The molecule has 1 amide bonds. The van der Waals surface area contributed by atoms with Crippen molar-refractivity contribution in [2.45, 2.75) is 24.2 Å². The Kier molecular flexibility index (Phi) is 6.43. The van der Waals surface area contributed by atoms with Gasteiger partial charge in [-0.2, -0.15) is 0 Å². The Balaban J connectivity index is 1.45. The molecule has 0 spiro atoms. The van der Waals surface area contributed by atoms with Crippen LogP contribution in [-0.2, 0) is 17.8 Å². The monoisotopic (exact) mass is 390 g/mol. The van der Waals surface area contributed by atoms with E-state index in [4.69, 9.17) is 0 Å². The number of hydrogen-bond donors (Lipinski definition) is 2. The first-order valence-corrected chi connectivity index (χ1v) is 10.5. The number of aromatic nitrogens is 2. The number of carbonyl (C=O) groups is 1. The highest BCUT2D eigenvalue weighted by Gasteiger charge is 2.08. The van der Waals surface area contributed by atoms with Gasteiger partial charge in [-0.05, 0) is 35.6 Å². The van der Waals surface area contributed by atoms with E-state index in [2.05, 4.69) is 39.9 Å². The fourth-order valence-corrected chi connectivity index (χ4v) is 4.29. The lowest BCUT2D eigenvalue weighted by molar-refractivity contribution is -0.118. The second-order valence-corrected chi connectivity index (χ2v) is 8.43. The minimum atomic E-state index is -0.00161. The van der Waals surface area contributed by atoms with Crippen molar-refractivity contribution in [3.8, 4) is 0 Å². The second-order valence-electron chi connectivity index (χ2n) is 5.19. The van der Waals surface area contributed by atoms with Crippen LogP contribution in [0.15, 0.2) is 46.1 Å². The van der Waals surface area contributed by atoms with Gasteiger partial charge in [-0.1, -0.05) is 48.2 Å². The molecule has 0 fully saturated rings. The van der Waals surface area contributed by atoms with Crippen molar-refractivity contribution >= 4 is 51.2 Å². The zero-order valence-corrected chi connectivity index (χ0v) is 16.1. The predicted octanol–water partition coefficient (Wildman–Crippen LogP) is 4.31. The molecule has 0 radical (unpaired) electrons. The molecule has 130 valence electrons. The van der Waals surface area contributed by atoms with Gasteiger partial charge >= 0.3 is 0 Å². The summed E-state index contributed by atoms with van der Waals surface area (Å²) in [5.74, 6) is 0.337. The largest absolute Gasteiger partial charge is 0.350 e. The van der Waals surface area contributed by atoms with Gasteiger partial charge < -0.3 is 10.6 Å². The maximum atomic E-state index is 11.9. The normalized spacial score (nSPS) is 10.6. The topological polar surface area (TPSA) is 66.9 Å². The summed E-state index contributed by atoms with van der Waals surface area (Å²) in [5.41, 5.74) is 2.28. The Morgan fingerprint density at radius 1 is 1.20 bits per heavy atom. The third-order valence-corrected chi connectivity index (χ3v) is 6.23. The molecule has 2 aromatic heterocycles. The van der Waals surface area contributed by atoms with E-state index in [0.29, 0.717) is 12.3 Å². The fraction of sp³-hybridized carbons (Fsp3) is 0.235. The Labute approximate surface area is 158 Å². The molecule has 25 heavy (non-hydrogen) atoms. The van der Waals surface area contributed by atoms with Gasteiger partial charge in [-0.15, -0.1) is 21.5 Å². The third-order valence-electron chi connectivity index (χ3n) is 3.39. The zero-order chi connectivity index (χ0) is 17.5. The van der Waals surface area contributed by atoms with Gasteiger partial charge in [0.25, 0.3) is 0 Å². The van der Waals surface area contributed by atoms with Crippen molar-refractivity contribution in [2.24, 2.45) is 0 Å². The number of rotatable bonds is 8. The van der Waals surface area contributed by atoms with Crippen molar-refractivity contribution in [1.82, 2.24) is 15.5 Å². The molecule has 0 saturated carbocycles. The summed E-state index contributed by atoms with van der Waals surface area (Å²) in [5, 5.41) is 17.1. The van der Waals surface area contributed by atoms with E-state index >= 15 is 0 Å². The molecule has 0 atom stereocenters. The van der Waals surface area contributed by atoms with Crippen molar-refractivity contribution in [2.75, 3.05) is 11.1 Å². The van der Waals surface area contributed by atoms with Crippen LogP contribution in [0.25, 0.3) is 0 Å². The summed E-state index contributed by atoms with van der Waals surface area (Å²) in [6, 6.07) is 12.2. The van der Waals surface area contributed by atoms with E-state index < -0.39 is 0 Å². The Morgan fingerprint density at radius 2 is 2.04 bits per heavy atom. The highest BCUT2D eigenvalue weighted by Crippen LogP contribution is 2.27. The molecule has 2 heterocycles. The minimum absolute atomic E-state index is 0.00161. The number of anilines is 2. The average Bonchev–Trinajstić information content (AvgIpc) is 3.31. The number of nitrogens with zero attached hydrogens (tertiary/aromatic N) is 2. The first-order chi connectivity index (χ1) is 12.2. The van der Waals surface area contributed by atoms with Crippen molar-refractivity contribution < 1.29 is 4.79 Å². The number of nitrogens with one attached hydrogen (secondary N) is 2. The van der Waals surface area contributed by atoms with E-state index in [0.717, 1.165) is 26.5 Å². The van der Waals surface area contributed by atoms with Gasteiger partial charge in [0.1, 0.15) is 0 Å². The van der Waals surface area contributed by atoms with Crippen LogP contribution >= 0.6 is 34.4 Å². The van der Waals surface area contributed by atoms with Crippen molar-refractivity contribution in [3.05, 3.63) is 52.2 Å². The molecule has 3 aromatic rings. The summed E-state index contributed by atoms with van der Waals surface area (Å²) >= 11 is 4.48. The molecule has 3 rings (SSSR count). The average molecular weight is 391 g/mol. The quantitative estimate of drug-likeness (QED) is 0.561. The Bertz CT molecular complexity index is 800. The zero-order valence-electron chi connectivity index (χ0n) is 13.7. The number of carbonyl (C=O) groups excluding carboxylic acids is 1. The molecule has 0 unspecified atom stereocenters. The molecule has 5 nitrogen and oxygen atoms in total. The molecule has 0 aliphatic heterocycles. The highest BCUT2D eigenvalue weighted by atomic mass is 32.2. The van der Waals surface area contributed by atoms with Gasteiger partial charge in [0.2, 0.25) is 11.0 Å². The maximum absolute atomic E-state index is 11.9. The maximum Gasteiger partial charge on any atom is 0.230 e. The number of thioether (sulfide) groups is 1. The molecule has 0 saturated heterocycles. The van der Waals surface area contributed by atoms with Crippen LogP contribution in [0.2, 0.25) is 0 Å². The highest BCUT2D eigenvalue weighted by molar-refractivity contribution is 8.01. The van der Waals surface area contributed by atoms with Crippen LogP contribution in [0.1, 0.15) is 17.4 Å². The van der Waals surface area contributed by atoms with E-state index in [-0.39, 0.29) is 5.91 Å². The summed E-state index contributed by atoms with van der Waals surface area (Å²) < 4.78 is 0.777. The summed E-state index contributed by atoms with van der Waals surface area (Å²) in [4.78, 5) is 13.0. The number of amides is 1. The molecule has 0 bridgehead atoms. The minimum Gasteiger partial charge on any atom is -0.350 e.